The number of hydrogen-bond acceptors (Lipinski definition) is 3. The summed E-state index contributed by atoms with van der Waals surface area (Å²) in [6.07, 6.45) is 9.37. The van der Waals surface area contributed by atoms with Crippen molar-refractivity contribution in [1.29, 1.82) is 0 Å². The van der Waals surface area contributed by atoms with Crippen LogP contribution < -0.4 is 10.0 Å². The molecule has 5 rings (SSSR count). The maximum Gasteiger partial charge on any atom is 0.253 e. The Kier molecular flexibility index (Phi) is 7.90. The molecule has 0 saturated heterocycles. The first-order chi connectivity index (χ1) is 18.1. The van der Waals surface area contributed by atoms with Gasteiger partial charge in [0.15, 0.2) is 4.90 Å². The molecule has 38 heavy (non-hydrogen) atoms. The van der Waals surface area contributed by atoms with Crippen LogP contribution in [0.1, 0.15) is 88.2 Å². The van der Waals surface area contributed by atoms with Crippen LogP contribution >= 0.6 is 0 Å². The average Bonchev–Trinajstić information content (AvgIpc) is 3.16. The summed E-state index contributed by atoms with van der Waals surface area (Å²) in [5, 5.41) is 4.27. The van der Waals surface area contributed by atoms with Gasteiger partial charge in [-0.25, -0.2) is 4.39 Å². The SMILES string of the molecule is Cc1c(C(=O)NC2CCC2)cc(-c2ccc([S+]([O-])NC(C)(C)C)c3c(F)cccc23)n1CC1CCCCC1. The Hall–Kier alpha value is -2.35. The zero-order chi connectivity index (χ0) is 27.0. The summed E-state index contributed by atoms with van der Waals surface area (Å²) >= 11 is -1.58. The quantitative estimate of drug-likeness (QED) is 0.318. The normalized spacial score (nSPS) is 17.9. The molecule has 0 bridgehead atoms. The van der Waals surface area contributed by atoms with Crippen molar-refractivity contribution in [3.63, 3.8) is 0 Å². The molecule has 2 saturated carbocycles. The molecule has 2 aliphatic carbocycles. The van der Waals surface area contributed by atoms with Gasteiger partial charge in [-0.15, -0.1) is 4.72 Å². The van der Waals surface area contributed by atoms with Gasteiger partial charge in [-0.1, -0.05) is 31.4 Å². The van der Waals surface area contributed by atoms with Gasteiger partial charge in [0.1, 0.15) is 5.82 Å². The van der Waals surface area contributed by atoms with Crippen molar-refractivity contribution in [3.8, 4) is 11.3 Å². The monoisotopic (exact) mass is 537 g/mol. The predicted octanol–water partition coefficient (Wildman–Crippen LogP) is 7.03. The molecule has 1 amide bonds. The molecule has 0 spiro atoms. The minimum absolute atomic E-state index is 0.0292. The van der Waals surface area contributed by atoms with Crippen LogP contribution in [0.4, 0.5) is 4.39 Å². The van der Waals surface area contributed by atoms with Crippen LogP contribution in [0, 0.1) is 18.7 Å². The van der Waals surface area contributed by atoms with Crippen molar-refractivity contribution < 1.29 is 13.7 Å². The van der Waals surface area contributed by atoms with E-state index in [1.54, 1.807) is 12.1 Å². The Bertz CT molecular complexity index is 1320. The highest BCUT2D eigenvalue weighted by Gasteiger charge is 2.29. The maximum absolute atomic E-state index is 15.4. The lowest BCUT2D eigenvalue weighted by Gasteiger charge is -2.26. The summed E-state index contributed by atoms with van der Waals surface area (Å²) in [6, 6.07) is 11.0. The number of nitrogens with zero attached hydrogens (tertiary/aromatic N) is 1. The summed E-state index contributed by atoms with van der Waals surface area (Å²) in [5.74, 6) is 0.133. The minimum atomic E-state index is -1.58. The molecule has 2 aliphatic rings. The first-order valence-corrected chi connectivity index (χ1v) is 15.2. The first-order valence-electron chi connectivity index (χ1n) is 14.0. The third kappa shape index (κ3) is 5.65. The van der Waals surface area contributed by atoms with Crippen LogP contribution in [0.15, 0.2) is 41.3 Å². The van der Waals surface area contributed by atoms with E-state index >= 15 is 4.39 Å². The van der Waals surface area contributed by atoms with Gasteiger partial charge in [-0.2, -0.15) is 0 Å². The van der Waals surface area contributed by atoms with Gasteiger partial charge in [0.05, 0.1) is 27.9 Å². The highest BCUT2D eigenvalue weighted by atomic mass is 32.2. The van der Waals surface area contributed by atoms with Crippen molar-refractivity contribution in [2.75, 3.05) is 0 Å². The highest BCUT2D eigenvalue weighted by Crippen LogP contribution is 2.38. The van der Waals surface area contributed by atoms with Gasteiger partial charge in [0.25, 0.3) is 5.91 Å². The zero-order valence-corrected chi connectivity index (χ0v) is 23.8. The third-order valence-corrected chi connectivity index (χ3v) is 9.58. The Morgan fingerprint density at radius 2 is 1.82 bits per heavy atom. The molecular formula is C31H40FN3O2S. The smallest absolute Gasteiger partial charge is 0.253 e. The number of rotatable bonds is 7. The molecule has 2 aromatic carbocycles. The number of hydrogen-bond donors (Lipinski definition) is 2. The summed E-state index contributed by atoms with van der Waals surface area (Å²) < 4.78 is 34.0. The molecule has 204 valence electrons. The molecule has 2 N–H and O–H groups in total. The Morgan fingerprint density at radius 1 is 1.08 bits per heavy atom. The van der Waals surface area contributed by atoms with E-state index in [0.29, 0.717) is 27.1 Å². The van der Waals surface area contributed by atoms with Crippen molar-refractivity contribution in [2.24, 2.45) is 5.92 Å². The van der Waals surface area contributed by atoms with Crippen LogP contribution in [0.5, 0.6) is 0 Å². The molecule has 1 heterocycles. The second-order valence-corrected chi connectivity index (χ2v) is 13.3. The number of nitrogens with one attached hydrogen (secondary N) is 2. The standard InChI is InChI=1S/C31H40FN3O2S/c1-20-25(30(36)33-22-12-8-13-22)18-27(35(20)19-21-10-6-5-7-11-21)23-16-17-28(38(37)34-31(2,3)4)29-24(23)14-9-15-26(29)32/h9,14-18,21-22,34H,5-8,10-13,19H2,1-4H3,(H,33,36). The lowest BCUT2D eigenvalue weighted by atomic mass is 9.89. The highest BCUT2D eigenvalue weighted by molar-refractivity contribution is 7.89. The predicted molar refractivity (Wildman–Crippen MR) is 153 cm³/mol. The fraction of sp³-hybridized carbons (Fsp3) is 0.516. The van der Waals surface area contributed by atoms with Gasteiger partial charge in [0.2, 0.25) is 0 Å². The van der Waals surface area contributed by atoms with Gasteiger partial charge in [-0.05, 0) is 95.4 Å². The van der Waals surface area contributed by atoms with E-state index < -0.39 is 22.7 Å². The zero-order valence-electron chi connectivity index (χ0n) is 23.0. The molecule has 7 heteroatoms. The molecule has 2 fully saturated rings. The van der Waals surface area contributed by atoms with Crippen LogP contribution in [-0.4, -0.2) is 26.6 Å². The molecule has 3 aromatic rings. The van der Waals surface area contributed by atoms with Crippen molar-refractivity contribution >= 4 is 28.0 Å². The number of carbonyl (C=O) groups excluding carboxylic acids is 1. The van der Waals surface area contributed by atoms with Crippen molar-refractivity contribution in [1.82, 2.24) is 14.6 Å². The van der Waals surface area contributed by atoms with E-state index in [9.17, 15) is 9.35 Å². The number of halogens is 1. The molecule has 1 aromatic heterocycles. The van der Waals surface area contributed by atoms with Crippen molar-refractivity contribution in [2.45, 2.75) is 102 Å². The fourth-order valence-electron chi connectivity index (χ4n) is 5.82. The van der Waals surface area contributed by atoms with E-state index in [1.165, 1.54) is 38.2 Å². The lowest BCUT2D eigenvalue weighted by Crippen LogP contribution is -2.40. The van der Waals surface area contributed by atoms with E-state index in [0.717, 1.165) is 42.8 Å². The van der Waals surface area contributed by atoms with Crippen LogP contribution in [0.25, 0.3) is 22.0 Å². The second kappa shape index (κ2) is 11.0. The van der Waals surface area contributed by atoms with Gasteiger partial charge >= 0.3 is 0 Å². The molecule has 1 atom stereocenters. The van der Waals surface area contributed by atoms with Gasteiger partial charge < -0.3 is 14.4 Å². The number of carbonyl (C=O) groups is 1. The molecule has 1 unspecified atom stereocenters. The lowest BCUT2D eigenvalue weighted by molar-refractivity contribution is 0.0916. The minimum Gasteiger partial charge on any atom is -0.593 e. The second-order valence-electron chi connectivity index (χ2n) is 12.1. The maximum atomic E-state index is 15.4. The summed E-state index contributed by atoms with van der Waals surface area (Å²) in [7, 11) is 0. The van der Waals surface area contributed by atoms with Gasteiger partial charge in [-0.3, -0.25) is 4.79 Å². The number of fused-ring (bicyclic) bond motifs is 1. The topological polar surface area (TPSA) is 69.1 Å². The van der Waals surface area contributed by atoms with Crippen molar-refractivity contribution in [3.05, 3.63) is 53.5 Å². The summed E-state index contributed by atoms with van der Waals surface area (Å²) in [6.45, 7) is 8.69. The van der Waals surface area contributed by atoms with E-state index in [2.05, 4.69) is 14.6 Å². The van der Waals surface area contributed by atoms with Gasteiger partial charge in [0, 0.05) is 29.5 Å². The summed E-state index contributed by atoms with van der Waals surface area (Å²) in [5.41, 5.74) is 3.03. The molecule has 0 aliphatic heterocycles. The van der Waals surface area contributed by atoms with E-state index in [4.69, 9.17) is 0 Å². The average molecular weight is 538 g/mol. The first kappa shape index (κ1) is 27.2. The van der Waals surface area contributed by atoms with E-state index in [-0.39, 0.29) is 11.9 Å². The van der Waals surface area contributed by atoms with Crippen LogP contribution in [-0.2, 0) is 17.9 Å². The molecule has 0 radical (unpaired) electrons. The Labute approximate surface area is 228 Å². The van der Waals surface area contributed by atoms with Crippen LogP contribution in [0.3, 0.4) is 0 Å². The Balaban J connectivity index is 1.62. The largest absolute Gasteiger partial charge is 0.593 e. The number of amides is 1. The fourth-order valence-corrected chi connectivity index (χ4v) is 7.07. The Morgan fingerprint density at radius 3 is 2.47 bits per heavy atom. The van der Waals surface area contributed by atoms with E-state index in [1.807, 2.05) is 45.9 Å². The summed E-state index contributed by atoms with van der Waals surface area (Å²) in [4.78, 5) is 13.8. The number of aromatic nitrogens is 1. The third-order valence-electron chi connectivity index (χ3n) is 8.04. The van der Waals surface area contributed by atoms with Crippen LogP contribution in [0.2, 0.25) is 0 Å². The number of benzene rings is 2. The molecule has 5 nitrogen and oxygen atoms in total. The molecular weight excluding hydrogens is 497 g/mol.